The van der Waals surface area contributed by atoms with Crippen molar-refractivity contribution in [2.24, 2.45) is 5.10 Å². The lowest BCUT2D eigenvalue weighted by atomic mass is 10.2. The number of non-ortho nitro benzene ring substituents is 1. The van der Waals surface area contributed by atoms with Gasteiger partial charge in [-0.2, -0.15) is 5.10 Å². The third kappa shape index (κ3) is 5.76. The van der Waals surface area contributed by atoms with Gasteiger partial charge in [0.25, 0.3) is 5.69 Å². The molecule has 26 heavy (non-hydrogen) atoms. The number of hydrogen-bond acceptors (Lipinski definition) is 6. The Balaban J connectivity index is 1.81. The first-order valence-electron chi connectivity index (χ1n) is 7.49. The van der Waals surface area contributed by atoms with E-state index in [9.17, 15) is 23.3 Å². The van der Waals surface area contributed by atoms with E-state index in [1.54, 1.807) is 0 Å². The summed E-state index contributed by atoms with van der Waals surface area (Å²) in [6.45, 7) is -0.133. The molecule has 10 heteroatoms. The van der Waals surface area contributed by atoms with Gasteiger partial charge >= 0.3 is 0 Å². The number of nitro groups is 1. The summed E-state index contributed by atoms with van der Waals surface area (Å²) < 4.78 is 26.4. The van der Waals surface area contributed by atoms with Crippen LogP contribution in [-0.2, 0) is 14.8 Å². The van der Waals surface area contributed by atoms with Crippen LogP contribution in [0.3, 0.4) is 0 Å². The Kier molecular flexibility index (Phi) is 6.53. The Morgan fingerprint density at radius 1 is 1.12 bits per heavy atom. The lowest BCUT2D eigenvalue weighted by Crippen LogP contribution is -2.29. The number of carbonyl (C=O) groups is 1. The molecule has 2 N–H and O–H groups in total. The van der Waals surface area contributed by atoms with Gasteiger partial charge in [0.2, 0.25) is 15.9 Å². The number of nitro benzene ring substituents is 1. The maximum atomic E-state index is 12.1. The number of carbonyl (C=O) groups excluding carboxylic acids is 1. The zero-order chi connectivity index (χ0) is 19.0. The standard InChI is InChI=1S/C16H16N4O5S/c21-16(19-17-12-13-4-2-1-3-5-13)10-11-18-26(24,25)15-8-6-14(7-9-15)20(22)23/h1-9,12,18H,10-11H2,(H,19,21)/b17-12-. The van der Waals surface area contributed by atoms with E-state index in [2.05, 4.69) is 15.2 Å². The van der Waals surface area contributed by atoms with E-state index >= 15 is 0 Å². The fourth-order valence-corrected chi connectivity index (χ4v) is 2.93. The van der Waals surface area contributed by atoms with E-state index in [1.165, 1.54) is 6.21 Å². The first-order valence-corrected chi connectivity index (χ1v) is 8.98. The summed E-state index contributed by atoms with van der Waals surface area (Å²) in [7, 11) is -3.85. The minimum absolute atomic E-state index is 0.113. The SMILES string of the molecule is O=C(CCNS(=O)(=O)c1ccc([N+](=O)[O-])cc1)N/N=C\c1ccccc1. The Morgan fingerprint density at radius 2 is 1.77 bits per heavy atom. The number of hydrogen-bond donors (Lipinski definition) is 2. The van der Waals surface area contributed by atoms with Crippen LogP contribution in [0.2, 0.25) is 0 Å². The molecular formula is C16H16N4O5S. The average molecular weight is 376 g/mol. The Bertz CT molecular complexity index is 896. The molecule has 9 nitrogen and oxygen atoms in total. The summed E-state index contributed by atoms with van der Waals surface area (Å²) >= 11 is 0. The minimum atomic E-state index is -3.85. The maximum Gasteiger partial charge on any atom is 0.269 e. The van der Waals surface area contributed by atoms with E-state index in [1.807, 2.05) is 30.3 Å². The van der Waals surface area contributed by atoms with Crippen LogP contribution in [0, 0.1) is 10.1 Å². The molecule has 2 aromatic rings. The van der Waals surface area contributed by atoms with Crippen molar-refractivity contribution in [2.45, 2.75) is 11.3 Å². The second-order valence-electron chi connectivity index (χ2n) is 5.10. The summed E-state index contributed by atoms with van der Waals surface area (Å²) in [6, 6.07) is 13.6. The number of hydrazone groups is 1. The fourth-order valence-electron chi connectivity index (χ4n) is 1.90. The van der Waals surface area contributed by atoms with Crippen molar-refractivity contribution in [3.63, 3.8) is 0 Å². The molecule has 0 fully saturated rings. The van der Waals surface area contributed by atoms with Crippen LogP contribution < -0.4 is 10.1 Å². The van der Waals surface area contributed by atoms with E-state index < -0.39 is 20.9 Å². The molecule has 136 valence electrons. The third-order valence-corrected chi connectivity index (χ3v) is 4.68. The second-order valence-corrected chi connectivity index (χ2v) is 6.87. The molecule has 0 saturated heterocycles. The van der Waals surface area contributed by atoms with Crippen molar-refractivity contribution in [3.05, 3.63) is 70.3 Å². The van der Waals surface area contributed by atoms with E-state index in [0.29, 0.717) is 0 Å². The highest BCUT2D eigenvalue weighted by molar-refractivity contribution is 7.89. The lowest BCUT2D eigenvalue weighted by molar-refractivity contribution is -0.384. The molecule has 0 aromatic heterocycles. The predicted molar refractivity (Wildman–Crippen MR) is 95.1 cm³/mol. The van der Waals surface area contributed by atoms with Crippen LogP contribution >= 0.6 is 0 Å². The number of nitrogens with one attached hydrogen (secondary N) is 2. The van der Waals surface area contributed by atoms with Crippen LogP contribution in [0.15, 0.2) is 64.6 Å². The first-order chi connectivity index (χ1) is 12.4. The molecule has 2 rings (SSSR count). The van der Waals surface area contributed by atoms with Crippen LogP contribution in [-0.4, -0.2) is 32.0 Å². The molecule has 0 radical (unpaired) electrons. The molecule has 0 aliphatic carbocycles. The zero-order valence-corrected chi connectivity index (χ0v) is 14.3. The molecule has 0 spiro atoms. The normalized spacial score (nSPS) is 11.4. The van der Waals surface area contributed by atoms with Gasteiger partial charge in [-0.25, -0.2) is 18.6 Å². The van der Waals surface area contributed by atoms with Crippen LogP contribution in [0.25, 0.3) is 0 Å². The van der Waals surface area contributed by atoms with Crippen molar-refractivity contribution < 1.29 is 18.1 Å². The van der Waals surface area contributed by atoms with Gasteiger partial charge < -0.3 is 0 Å². The fraction of sp³-hybridized carbons (Fsp3) is 0.125. The van der Waals surface area contributed by atoms with E-state index in [0.717, 1.165) is 29.8 Å². The van der Waals surface area contributed by atoms with Gasteiger partial charge in [-0.15, -0.1) is 0 Å². The Hall–Kier alpha value is -3.11. The smallest absolute Gasteiger partial charge is 0.269 e. The molecule has 0 aliphatic rings. The van der Waals surface area contributed by atoms with Gasteiger partial charge in [-0.1, -0.05) is 30.3 Å². The Labute approximate surface area is 149 Å². The molecule has 2 aromatic carbocycles. The van der Waals surface area contributed by atoms with E-state index in [4.69, 9.17) is 0 Å². The molecule has 0 unspecified atom stereocenters. The van der Waals surface area contributed by atoms with E-state index in [-0.39, 0.29) is 23.5 Å². The van der Waals surface area contributed by atoms with Gasteiger partial charge in [0.1, 0.15) is 0 Å². The second kappa shape index (κ2) is 8.83. The van der Waals surface area contributed by atoms with Gasteiger partial charge in [0, 0.05) is 25.1 Å². The summed E-state index contributed by atoms with van der Waals surface area (Å²) in [5.41, 5.74) is 2.90. The number of benzene rings is 2. The highest BCUT2D eigenvalue weighted by Crippen LogP contribution is 2.15. The maximum absolute atomic E-state index is 12.1. The van der Waals surface area contributed by atoms with Gasteiger partial charge in [0.05, 0.1) is 16.0 Å². The highest BCUT2D eigenvalue weighted by Gasteiger charge is 2.15. The molecule has 0 heterocycles. The van der Waals surface area contributed by atoms with Crippen molar-refractivity contribution in [1.82, 2.24) is 10.1 Å². The number of rotatable bonds is 8. The van der Waals surface area contributed by atoms with Crippen molar-refractivity contribution in [2.75, 3.05) is 6.54 Å². The predicted octanol–water partition coefficient (Wildman–Crippen LogP) is 1.41. The van der Waals surface area contributed by atoms with Gasteiger partial charge in [0.15, 0.2) is 0 Å². The van der Waals surface area contributed by atoms with Gasteiger partial charge in [-0.3, -0.25) is 14.9 Å². The van der Waals surface area contributed by atoms with Crippen molar-refractivity contribution in [3.8, 4) is 0 Å². The van der Waals surface area contributed by atoms with Crippen molar-refractivity contribution in [1.29, 1.82) is 0 Å². The van der Waals surface area contributed by atoms with Crippen molar-refractivity contribution >= 4 is 27.8 Å². The minimum Gasteiger partial charge on any atom is -0.273 e. The monoisotopic (exact) mass is 376 g/mol. The average Bonchev–Trinajstić information content (AvgIpc) is 2.62. The number of amides is 1. The highest BCUT2D eigenvalue weighted by atomic mass is 32.2. The Morgan fingerprint density at radius 3 is 2.38 bits per heavy atom. The summed E-state index contributed by atoms with van der Waals surface area (Å²) in [6.07, 6.45) is 1.36. The molecule has 1 amide bonds. The molecule has 0 bridgehead atoms. The summed E-state index contributed by atoms with van der Waals surface area (Å²) in [4.78, 5) is 21.5. The topological polar surface area (TPSA) is 131 Å². The van der Waals surface area contributed by atoms with Crippen LogP contribution in [0.5, 0.6) is 0 Å². The molecule has 0 atom stereocenters. The molecular weight excluding hydrogens is 360 g/mol. The zero-order valence-electron chi connectivity index (χ0n) is 13.5. The molecule has 0 aliphatic heterocycles. The number of nitrogens with zero attached hydrogens (tertiary/aromatic N) is 2. The summed E-state index contributed by atoms with van der Waals surface area (Å²) in [5.74, 6) is -0.455. The van der Waals surface area contributed by atoms with Gasteiger partial charge in [-0.05, 0) is 17.7 Å². The first kappa shape index (κ1) is 19.2. The molecule has 0 saturated carbocycles. The largest absolute Gasteiger partial charge is 0.273 e. The lowest BCUT2D eigenvalue weighted by Gasteiger charge is -2.06. The quantitative estimate of drug-likeness (QED) is 0.409. The summed E-state index contributed by atoms with van der Waals surface area (Å²) in [5, 5.41) is 14.3. The third-order valence-electron chi connectivity index (χ3n) is 3.20. The van der Waals surface area contributed by atoms with Crippen LogP contribution in [0.1, 0.15) is 12.0 Å². The van der Waals surface area contributed by atoms with Crippen LogP contribution in [0.4, 0.5) is 5.69 Å². The number of sulfonamides is 1.